The van der Waals surface area contributed by atoms with E-state index in [-0.39, 0.29) is 0 Å². The molecule has 5 heavy (non-hydrogen) atoms. The van der Waals surface area contributed by atoms with E-state index in [1.54, 1.807) is 0 Å². The van der Waals surface area contributed by atoms with Crippen molar-refractivity contribution >= 4 is 15.9 Å². The van der Waals surface area contributed by atoms with Crippen LogP contribution in [0.2, 0.25) is 0 Å². The van der Waals surface area contributed by atoms with Crippen LogP contribution in [0.25, 0.3) is 0 Å². The molecule has 0 unspecified atom stereocenters. The lowest BCUT2D eigenvalue weighted by atomic mass is 10.8. The van der Waals surface area contributed by atoms with Gasteiger partial charge in [-0.1, -0.05) is 0 Å². The van der Waals surface area contributed by atoms with Crippen LogP contribution in [0.1, 0.15) is 0 Å². The minimum Gasteiger partial charge on any atom is -0.479 e. The van der Waals surface area contributed by atoms with Gasteiger partial charge in [0.1, 0.15) is 0 Å². The molecular formula is C2H5AlO2. The van der Waals surface area contributed by atoms with E-state index in [1.807, 2.05) is 0 Å². The molecule has 0 aromatic carbocycles. The van der Waals surface area contributed by atoms with Crippen LogP contribution in [0.15, 0.2) is 0 Å². The fraction of sp³-hybridized carbons (Fsp3) is 1.00. The van der Waals surface area contributed by atoms with E-state index >= 15 is 0 Å². The van der Waals surface area contributed by atoms with Gasteiger partial charge in [0.05, 0.1) is 0 Å². The quantitative estimate of drug-likeness (QED) is 0.364. The van der Waals surface area contributed by atoms with Crippen LogP contribution in [0.5, 0.6) is 0 Å². The second-order valence-electron chi connectivity index (χ2n) is 0.934. The Kier molecular flexibility index (Phi) is 1.30. The van der Waals surface area contributed by atoms with Crippen molar-refractivity contribution in [3.8, 4) is 0 Å². The molecular weight excluding hydrogens is 83.0 g/mol. The monoisotopic (exact) mass is 88.0 g/mol. The maximum Gasteiger partial charge on any atom is 0.649 e. The molecule has 1 aliphatic heterocycles. The Hall–Kier alpha value is 0.452. The summed E-state index contributed by atoms with van der Waals surface area (Å²) in [6, 6.07) is 0. The van der Waals surface area contributed by atoms with Crippen LogP contribution in [0.4, 0.5) is 0 Å². The molecule has 0 saturated carbocycles. The van der Waals surface area contributed by atoms with E-state index in [0.29, 0.717) is 0 Å². The standard InChI is InChI=1S/C2H4O2.Al.H/c3-1-2-4;;/h1-2H2;;/q-2;+2;. The number of rotatable bonds is 0. The Morgan fingerprint density at radius 2 is 1.80 bits per heavy atom. The van der Waals surface area contributed by atoms with E-state index in [2.05, 4.69) is 0 Å². The summed E-state index contributed by atoms with van der Waals surface area (Å²) in [7, 11) is 0. The average molecular weight is 88.0 g/mol. The third kappa shape index (κ3) is 0.901. The van der Waals surface area contributed by atoms with Crippen molar-refractivity contribution in [3.63, 3.8) is 0 Å². The van der Waals surface area contributed by atoms with Gasteiger partial charge in [0.25, 0.3) is 0 Å². The van der Waals surface area contributed by atoms with Gasteiger partial charge in [0, 0.05) is 13.2 Å². The average Bonchev–Trinajstić information content (AvgIpc) is 1.76. The van der Waals surface area contributed by atoms with Gasteiger partial charge in [-0.25, -0.2) is 0 Å². The van der Waals surface area contributed by atoms with Gasteiger partial charge >= 0.3 is 15.9 Å². The normalized spacial score (nSPS) is 22.4. The largest absolute Gasteiger partial charge is 0.649 e. The van der Waals surface area contributed by atoms with Crippen molar-refractivity contribution in [1.82, 2.24) is 0 Å². The third-order valence-corrected chi connectivity index (χ3v) is 1.45. The Morgan fingerprint density at radius 1 is 1.20 bits per heavy atom. The van der Waals surface area contributed by atoms with Crippen LogP contribution < -0.4 is 0 Å². The Bertz CT molecular complexity index is 19.2. The summed E-state index contributed by atoms with van der Waals surface area (Å²) in [5, 5.41) is 0. The zero-order chi connectivity index (χ0) is 3.54. The van der Waals surface area contributed by atoms with Crippen molar-refractivity contribution < 1.29 is 7.58 Å². The first-order valence-electron chi connectivity index (χ1n) is 1.65. The summed E-state index contributed by atoms with van der Waals surface area (Å²) in [5.41, 5.74) is 0. The molecule has 0 aromatic heterocycles. The second kappa shape index (κ2) is 1.79. The fourth-order valence-electron chi connectivity index (χ4n) is 0.295. The predicted octanol–water partition coefficient (Wildman–Crippen LogP) is -0.700. The highest BCUT2D eigenvalue weighted by Gasteiger charge is 2.01. The van der Waals surface area contributed by atoms with Gasteiger partial charge in [-0.15, -0.1) is 0 Å². The highest BCUT2D eigenvalue weighted by Crippen LogP contribution is 1.82. The minimum absolute atomic E-state index is 0.457. The molecule has 0 amide bonds. The van der Waals surface area contributed by atoms with Crippen molar-refractivity contribution in [2.24, 2.45) is 0 Å². The Labute approximate surface area is 37.5 Å². The van der Waals surface area contributed by atoms with Gasteiger partial charge in [-0.3, -0.25) is 0 Å². The molecule has 0 atom stereocenters. The van der Waals surface area contributed by atoms with Crippen molar-refractivity contribution in [3.05, 3.63) is 0 Å². The smallest absolute Gasteiger partial charge is 0.479 e. The summed E-state index contributed by atoms with van der Waals surface area (Å²) < 4.78 is 9.72. The first kappa shape index (κ1) is 3.64. The number of hydrogen-bond donors (Lipinski definition) is 0. The lowest BCUT2D eigenvalue weighted by Gasteiger charge is -1.75. The second-order valence-corrected chi connectivity index (χ2v) is 1.99. The molecule has 1 aliphatic rings. The first-order chi connectivity index (χ1) is 2.50. The van der Waals surface area contributed by atoms with Crippen LogP contribution >= 0.6 is 0 Å². The van der Waals surface area contributed by atoms with Crippen LogP contribution in [0, 0.1) is 0 Å². The molecule has 0 N–H and O–H groups in total. The molecule has 3 heteroatoms. The summed E-state index contributed by atoms with van der Waals surface area (Å²) in [4.78, 5) is 0. The van der Waals surface area contributed by atoms with Crippen LogP contribution in [0.3, 0.4) is 0 Å². The summed E-state index contributed by atoms with van der Waals surface area (Å²) >= 11 is -0.457. The van der Waals surface area contributed by atoms with Gasteiger partial charge < -0.3 is 7.58 Å². The highest BCUT2D eigenvalue weighted by atomic mass is 27.2. The molecule has 1 fully saturated rings. The van der Waals surface area contributed by atoms with E-state index in [4.69, 9.17) is 7.58 Å². The zero-order valence-corrected chi connectivity index (χ0v) is 4.35. The van der Waals surface area contributed by atoms with Crippen molar-refractivity contribution in [2.45, 2.75) is 0 Å². The zero-order valence-electron chi connectivity index (χ0n) is 2.94. The maximum absolute atomic E-state index is 4.86. The topological polar surface area (TPSA) is 18.5 Å². The molecule has 1 rings (SSSR count). The summed E-state index contributed by atoms with van der Waals surface area (Å²) in [6.07, 6.45) is 0. The van der Waals surface area contributed by atoms with E-state index < -0.39 is 15.9 Å². The van der Waals surface area contributed by atoms with Gasteiger partial charge in [0.2, 0.25) is 0 Å². The van der Waals surface area contributed by atoms with Crippen molar-refractivity contribution in [2.75, 3.05) is 13.2 Å². The maximum atomic E-state index is 4.86. The molecule has 0 aromatic rings. The van der Waals surface area contributed by atoms with E-state index in [1.165, 1.54) is 0 Å². The van der Waals surface area contributed by atoms with Gasteiger partial charge in [0.15, 0.2) is 0 Å². The number of hydrogen-bond acceptors (Lipinski definition) is 2. The van der Waals surface area contributed by atoms with Crippen molar-refractivity contribution in [1.29, 1.82) is 0 Å². The molecule has 1 saturated heterocycles. The SMILES string of the molecule is C1C[O][AlH][O]1. The van der Waals surface area contributed by atoms with Gasteiger partial charge in [-0.2, -0.15) is 0 Å². The Balaban J connectivity index is 2.08. The van der Waals surface area contributed by atoms with Crippen LogP contribution in [-0.4, -0.2) is 29.1 Å². The van der Waals surface area contributed by atoms with Gasteiger partial charge in [-0.05, 0) is 0 Å². The third-order valence-electron chi connectivity index (χ3n) is 0.539. The summed E-state index contributed by atoms with van der Waals surface area (Å²) in [5.74, 6) is 0. The lowest BCUT2D eigenvalue weighted by Crippen LogP contribution is -1.83. The first-order valence-corrected chi connectivity index (χ1v) is 2.81. The molecule has 0 radical (unpaired) electrons. The molecule has 0 aliphatic carbocycles. The minimum atomic E-state index is -0.457. The predicted molar refractivity (Wildman–Crippen MR) is 19.1 cm³/mol. The van der Waals surface area contributed by atoms with E-state index in [9.17, 15) is 0 Å². The summed E-state index contributed by atoms with van der Waals surface area (Å²) in [6.45, 7) is 1.68. The molecule has 28 valence electrons. The molecule has 1 heterocycles. The molecule has 0 bridgehead atoms. The molecule has 0 spiro atoms. The fourth-order valence-corrected chi connectivity index (χ4v) is 0.884. The van der Waals surface area contributed by atoms with Crippen LogP contribution in [-0.2, 0) is 7.58 Å². The lowest BCUT2D eigenvalue weighted by molar-refractivity contribution is 0.365. The molecule has 2 nitrogen and oxygen atoms in total. The Morgan fingerprint density at radius 3 is 2.00 bits per heavy atom. The highest BCUT2D eigenvalue weighted by molar-refractivity contribution is 6.18. The van der Waals surface area contributed by atoms with E-state index in [0.717, 1.165) is 13.2 Å².